The fourth-order valence-corrected chi connectivity index (χ4v) is 4.22. The third-order valence-electron chi connectivity index (χ3n) is 6.34. The van der Waals surface area contributed by atoms with Crippen LogP contribution in [-0.2, 0) is 11.3 Å². The maximum atomic E-state index is 12.9. The van der Waals surface area contributed by atoms with E-state index in [1.807, 2.05) is 55.1 Å². The first-order chi connectivity index (χ1) is 15.4. The van der Waals surface area contributed by atoms with Gasteiger partial charge in [-0.15, -0.1) is 0 Å². The number of ether oxygens (including phenoxy) is 1. The van der Waals surface area contributed by atoms with Crippen molar-refractivity contribution in [1.29, 1.82) is 0 Å². The Balaban J connectivity index is 1.42. The summed E-state index contributed by atoms with van der Waals surface area (Å²) in [4.78, 5) is 34.3. The average molecular weight is 435 g/mol. The van der Waals surface area contributed by atoms with Crippen LogP contribution in [0.1, 0.15) is 23.2 Å². The summed E-state index contributed by atoms with van der Waals surface area (Å²) in [6.45, 7) is 9.07. The van der Waals surface area contributed by atoms with Gasteiger partial charge in [-0.2, -0.15) is 0 Å². The normalized spacial score (nSPS) is 14.1. The molecule has 7 nitrogen and oxygen atoms in total. The third-order valence-corrected chi connectivity index (χ3v) is 6.34. The predicted octanol–water partition coefficient (Wildman–Crippen LogP) is 3.07. The van der Waals surface area contributed by atoms with Crippen molar-refractivity contribution in [2.45, 2.75) is 33.7 Å². The molecule has 0 spiro atoms. The van der Waals surface area contributed by atoms with Gasteiger partial charge in [0.2, 0.25) is 5.91 Å². The molecule has 0 unspecified atom stereocenters. The molecule has 4 rings (SSSR count). The van der Waals surface area contributed by atoms with Gasteiger partial charge in [0.25, 0.3) is 5.56 Å². The number of aromatic nitrogens is 2. The van der Waals surface area contributed by atoms with E-state index < -0.39 is 0 Å². The molecule has 1 aromatic heterocycles. The van der Waals surface area contributed by atoms with Crippen molar-refractivity contribution in [1.82, 2.24) is 14.5 Å². The lowest BCUT2D eigenvalue weighted by molar-refractivity contribution is -0.131. The van der Waals surface area contributed by atoms with Crippen LogP contribution in [0.4, 0.5) is 5.69 Å². The van der Waals surface area contributed by atoms with E-state index in [-0.39, 0.29) is 11.5 Å². The molecule has 32 heavy (non-hydrogen) atoms. The zero-order valence-electron chi connectivity index (χ0n) is 19.2. The lowest BCUT2D eigenvalue weighted by atomic mass is 10.1. The summed E-state index contributed by atoms with van der Waals surface area (Å²) in [6.07, 6.45) is 0.300. The van der Waals surface area contributed by atoms with E-state index in [4.69, 9.17) is 4.74 Å². The summed E-state index contributed by atoms with van der Waals surface area (Å²) < 4.78 is 6.93. The molecule has 1 aliphatic rings. The van der Waals surface area contributed by atoms with Crippen molar-refractivity contribution in [2.75, 3.05) is 38.2 Å². The monoisotopic (exact) mass is 434 g/mol. The third kappa shape index (κ3) is 4.33. The van der Waals surface area contributed by atoms with E-state index in [0.29, 0.717) is 31.7 Å². The van der Waals surface area contributed by atoms with Crippen LogP contribution in [0.5, 0.6) is 5.75 Å². The van der Waals surface area contributed by atoms with Gasteiger partial charge >= 0.3 is 0 Å². The minimum atomic E-state index is -0.127. The van der Waals surface area contributed by atoms with Gasteiger partial charge in [-0.3, -0.25) is 9.59 Å². The highest BCUT2D eigenvalue weighted by molar-refractivity contribution is 5.78. The number of piperazine rings is 1. The number of hydrogen-bond donors (Lipinski definition) is 0. The van der Waals surface area contributed by atoms with Crippen molar-refractivity contribution in [3.05, 3.63) is 63.6 Å². The van der Waals surface area contributed by atoms with Crippen LogP contribution in [0.15, 0.2) is 41.2 Å². The smallest absolute Gasteiger partial charge is 0.272 e. The summed E-state index contributed by atoms with van der Waals surface area (Å²) in [6, 6.07) is 12.0. The van der Waals surface area contributed by atoms with Gasteiger partial charge in [0.15, 0.2) is 0 Å². The van der Waals surface area contributed by atoms with Crippen molar-refractivity contribution in [3.63, 3.8) is 0 Å². The van der Waals surface area contributed by atoms with Gasteiger partial charge in [-0.05, 0) is 68.3 Å². The van der Waals surface area contributed by atoms with E-state index in [9.17, 15) is 9.59 Å². The molecule has 0 saturated carbocycles. The number of methoxy groups -OCH3 is 1. The van der Waals surface area contributed by atoms with E-state index >= 15 is 0 Å². The first-order valence-electron chi connectivity index (χ1n) is 11.0. The van der Waals surface area contributed by atoms with E-state index in [0.717, 1.165) is 46.7 Å². The zero-order chi connectivity index (χ0) is 22.8. The largest absolute Gasteiger partial charge is 0.497 e. The molecule has 1 amide bonds. The minimum absolute atomic E-state index is 0.0812. The quantitative estimate of drug-likeness (QED) is 0.617. The number of rotatable bonds is 5. The highest BCUT2D eigenvalue weighted by atomic mass is 16.5. The van der Waals surface area contributed by atoms with Crippen LogP contribution in [-0.4, -0.2) is 53.6 Å². The standard InChI is InChI=1S/C25H30N4O3/c1-17-15-22-23(16-18(17)2)29(25(31)19(3)26-22)10-9-24(30)28-13-11-27(12-14-28)20-5-7-21(32-4)8-6-20/h5-8,15-16H,9-14H2,1-4H3. The van der Waals surface area contributed by atoms with Crippen molar-refractivity contribution < 1.29 is 9.53 Å². The number of carbonyl (C=O) groups excluding carboxylic acids is 1. The molecule has 3 aromatic rings. The molecule has 1 fully saturated rings. The highest BCUT2D eigenvalue weighted by Gasteiger charge is 2.22. The summed E-state index contributed by atoms with van der Waals surface area (Å²) >= 11 is 0. The molecule has 2 heterocycles. The van der Waals surface area contributed by atoms with Crippen LogP contribution < -0.4 is 15.2 Å². The Morgan fingerprint density at radius 3 is 2.31 bits per heavy atom. The second-order valence-electron chi connectivity index (χ2n) is 8.40. The fraction of sp³-hybridized carbons (Fsp3) is 0.400. The van der Waals surface area contributed by atoms with E-state index in [1.165, 1.54) is 0 Å². The summed E-state index contributed by atoms with van der Waals surface area (Å²) in [5, 5.41) is 0. The number of aryl methyl sites for hydroxylation is 4. The van der Waals surface area contributed by atoms with Gasteiger partial charge in [0.05, 0.1) is 18.1 Å². The van der Waals surface area contributed by atoms with Crippen molar-refractivity contribution in [3.8, 4) is 5.75 Å². The summed E-state index contributed by atoms with van der Waals surface area (Å²) in [7, 11) is 1.66. The minimum Gasteiger partial charge on any atom is -0.497 e. The average Bonchev–Trinajstić information content (AvgIpc) is 2.81. The Labute approximate surface area is 188 Å². The van der Waals surface area contributed by atoms with Gasteiger partial charge in [0.1, 0.15) is 11.4 Å². The molecule has 0 atom stereocenters. The number of fused-ring (bicyclic) bond motifs is 1. The SMILES string of the molecule is COc1ccc(N2CCN(C(=O)CCn3c(=O)c(C)nc4cc(C)c(C)cc43)CC2)cc1. The van der Waals surface area contributed by atoms with Gasteiger partial charge in [-0.1, -0.05) is 0 Å². The van der Waals surface area contributed by atoms with Crippen LogP contribution in [0, 0.1) is 20.8 Å². The molecule has 0 N–H and O–H groups in total. The molecular formula is C25H30N4O3. The van der Waals surface area contributed by atoms with Crippen LogP contribution in [0.3, 0.4) is 0 Å². The highest BCUT2D eigenvalue weighted by Crippen LogP contribution is 2.21. The maximum Gasteiger partial charge on any atom is 0.272 e. The second-order valence-corrected chi connectivity index (χ2v) is 8.40. The van der Waals surface area contributed by atoms with Crippen molar-refractivity contribution >= 4 is 22.6 Å². The zero-order valence-corrected chi connectivity index (χ0v) is 19.2. The maximum absolute atomic E-state index is 12.9. The first kappa shape index (κ1) is 21.9. The molecule has 1 saturated heterocycles. The number of anilines is 1. The fourth-order valence-electron chi connectivity index (χ4n) is 4.22. The molecule has 168 valence electrons. The lowest BCUT2D eigenvalue weighted by Crippen LogP contribution is -2.49. The number of hydrogen-bond acceptors (Lipinski definition) is 5. The number of carbonyl (C=O) groups is 1. The van der Waals surface area contributed by atoms with Gasteiger partial charge in [-0.25, -0.2) is 4.98 Å². The molecule has 7 heteroatoms. The lowest BCUT2D eigenvalue weighted by Gasteiger charge is -2.36. The van der Waals surface area contributed by atoms with E-state index in [1.54, 1.807) is 18.6 Å². The van der Waals surface area contributed by atoms with Crippen LogP contribution in [0.25, 0.3) is 11.0 Å². The molecule has 1 aliphatic heterocycles. The Bertz CT molecular complexity index is 1190. The molecular weight excluding hydrogens is 404 g/mol. The summed E-state index contributed by atoms with van der Waals surface area (Å²) in [5.74, 6) is 0.916. The number of amides is 1. The summed E-state index contributed by atoms with van der Waals surface area (Å²) in [5.41, 5.74) is 5.30. The second kappa shape index (κ2) is 9.02. The number of nitrogens with zero attached hydrogens (tertiary/aromatic N) is 4. The topological polar surface area (TPSA) is 67.7 Å². The van der Waals surface area contributed by atoms with E-state index in [2.05, 4.69) is 9.88 Å². The Morgan fingerprint density at radius 1 is 1.00 bits per heavy atom. The molecule has 0 aliphatic carbocycles. The number of benzene rings is 2. The van der Waals surface area contributed by atoms with Gasteiger partial charge < -0.3 is 19.1 Å². The Hall–Kier alpha value is -3.35. The molecule has 0 radical (unpaired) electrons. The molecule has 0 bridgehead atoms. The predicted molar refractivity (Wildman–Crippen MR) is 127 cm³/mol. The van der Waals surface area contributed by atoms with Crippen LogP contribution >= 0.6 is 0 Å². The van der Waals surface area contributed by atoms with Crippen molar-refractivity contribution in [2.24, 2.45) is 0 Å². The van der Waals surface area contributed by atoms with Crippen LogP contribution in [0.2, 0.25) is 0 Å². The first-order valence-corrected chi connectivity index (χ1v) is 11.0. The Kier molecular flexibility index (Phi) is 6.17. The Morgan fingerprint density at radius 2 is 1.66 bits per heavy atom. The van der Waals surface area contributed by atoms with Gasteiger partial charge in [0, 0.05) is 44.8 Å². The molecule has 2 aromatic carbocycles.